The van der Waals surface area contributed by atoms with E-state index in [2.05, 4.69) is 29.0 Å². The third-order valence-corrected chi connectivity index (χ3v) is 8.78. The molecule has 0 saturated heterocycles. The van der Waals surface area contributed by atoms with E-state index < -0.39 is 0 Å². The van der Waals surface area contributed by atoms with Crippen LogP contribution in [-0.2, 0) is 6.42 Å². The van der Waals surface area contributed by atoms with Crippen molar-refractivity contribution < 1.29 is 14.3 Å². The summed E-state index contributed by atoms with van der Waals surface area (Å²) in [5.74, 6) is 1.35. The van der Waals surface area contributed by atoms with Crippen molar-refractivity contribution in [3.8, 4) is 22.1 Å². The number of fused-ring (bicyclic) bond motifs is 1. The van der Waals surface area contributed by atoms with Crippen LogP contribution in [0.4, 0.5) is 0 Å². The SMILES string of the molecule is COc1ccc(-c2nc(C)c(C(=O)N3CCc4sccc4C3c3cccs3)s2)cc1OC. The minimum Gasteiger partial charge on any atom is -0.493 e. The van der Waals surface area contributed by atoms with Crippen molar-refractivity contribution in [2.24, 2.45) is 0 Å². The molecule has 1 amide bonds. The molecule has 1 aromatic carbocycles. The molecule has 1 unspecified atom stereocenters. The van der Waals surface area contributed by atoms with Gasteiger partial charge in [0.25, 0.3) is 5.91 Å². The first-order chi connectivity index (χ1) is 15.6. The van der Waals surface area contributed by atoms with Gasteiger partial charge in [-0.05, 0) is 60.0 Å². The number of benzene rings is 1. The van der Waals surface area contributed by atoms with E-state index in [0.717, 1.165) is 22.7 Å². The maximum atomic E-state index is 13.8. The minimum absolute atomic E-state index is 0.0384. The Balaban J connectivity index is 1.51. The number of hydrogen-bond donors (Lipinski definition) is 0. The lowest BCUT2D eigenvalue weighted by molar-refractivity contribution is 0.0703. The molecule has 1 aliphatic rings. The van der Waals surface area contributed by atoms with E-state index in [1.165, 1.54) is 26.7 Å². The van der Waals surface area contributed by atoms with E-state index in [4.69, 9.17) is 14.5 Å². The molecule has 164 valence electrons. The van der Waals surface area contributed by atoms with Crippen LogP contribution in [-0.4, -0.2) is 36.6 Å². The predicted molar refractivity (Wildman–Crippen MR) is 131 cm³/mol. The molecule has 32 heavy (non-hydrogen) atoms. The van der Waals surface area contributed by atoms with Crippen molar-refractivity contribution in [1.82, 2.24) is 9.88 Å². The van der Waals surface area contributed by atoms with Crippen LogP contribution in [0.2, 0.25) is 0 Å². The van der Waals surface area contributed by atoms with Gasteiger partial charge >= 0.3 is 0 Å². The Morgan fingerprint density at radius 3 is 2.69 bits per heavy atom. The molecular formula is C24H22N2O3S3. The van der Waals surface area contributed by atoms with E-state index in [0.29, 0.717) is 22.9 Å². The van der Waals surface area contributed by atoms with Gasteiger partial charge in [-0.2, -0.15) is 0 Å². The molecule has 0 radical (unpaired) electrons. The number of carbonyl (C=O) groups excluding carboxylic acids is 1. The van der Waals surface area contributed by atoms with Crippen molar-refractivity contribution in [3.05, 3.63) is 73.0 Å². The normalized spacial score (nSPS) is 15.5. The van der Waals surface area contributed by atoms with Crippen molar-refractivity contribution in [2.75, 3.05) is 20.8 Å². The molecule has 0 N–H and O–H groups in total. The Hall–Kier alpha value is -2.68. The molecule has 0 aliphatic carbocycles. The van der Waals surface area contributed by atoms with Gasteiger partial charge in [-0.3, -0.25) is 4.79 Å². The number of rotatable bonds is 5. The molecule has 1 atom stereocenters. The van der Waals surface area contributed by atoms with Gasteiger partial charge in [0, 0.05) is 21.9 Å². The largest absolute Gasteiger partial charge is 0.493 e. The van der Waals surface area contributed by atoms with Gasteiger partial charge in [0.15, 0.2) is 11.5 Å². The third kappa shape index (κ3) is 3.62. The number of amides is 1. The second-order valence-corrected chi connectivity index (χ2v) is 10.4. The van der Waals surface area contributed by atoms with Gasteiger partial charge in [0.2, 0.25) is 0 Å². The average Bonchev–Trinajstić information content (AvgIpc) is 3.58. The summed E-state index contributed by atoms with van der Waals surface area (Å²) in [6.45, 7) is 2.62. The zero-order valence-electron chi connectivity index (χ0n) is 18.0. The van der Waals surface area contributed by atoms with Crippen LogP contribution in [0.5, 0.6) is 11.5 Å². The molecule has 1 aliphatic heterocycles. The predicted octanol–water partition coefficient (Wildman–Crippen LogP) is 6.05. The fourth-order valence-electron chi connectivity index (χ4n) is 4.11. The number of carbonyl (C=O) groups is 1. The quantitative estimate of drug-likeness (QED) is 0.348. The smallest absolute Gasteiger partial charge is 0.266 e. The lowest BCUT2D eigenvalue weighted by Gasteiger charge is -2.35. The fourth-order valence-corrected chi connectivity index (χ4v) is 6.88. The average molecular weight is 483 g/mol. The van der Waals surface area contributed by atoms with Crippen molar-refractivity contribution >= 4 is 39.9 Å². The van der Waals surface area contributed by atoms with Crippen molar-refractivity contribution in [3.63, 3.8) is 0 Å². The van der Waals surface area contributed by atoms with Gasteiger partial charge in [-0.1, -0.05) is 6.07 Å². The van der Waals surface area contributed by atoms with E-state index in [1.54, 1.807) is 36.9 Å². The van der Waals surface area contributed by atoms with Crippen LogP contribution in [0.1, 0.15) is 36.7 Å². The highest BCUT2D eigenvalue weighted by molar-refractivity contribution is 7.17. The number of methoxy groups -OCH3 is 2. The zero-order chi connectivity index (χ0) is 22.2. The van der Waals surface area contributed by atoms with Gasteiger partial charge < -0.3 is 14.4 Å². The zero-order valence-corrected chi connectivity index (χ0v) is 20.4. The van der Waals surface area contributed by atoms with Gasteiger partial charge in [0.1, 0.15) is 9.88 Å². The Kier molecular flexibility index (Phi) is 5.75. The summed E-state index contributed by atoms with van der Waals surface area (Å²) in [6.07, 6.45) is 0.890. The summed E-state index contributed by atoms with van der Waals surface area (Å²) in [5, 5.41) is 5.01. The maximum absolute atomic E-state index is 13.8. The Bertz CT molecular complexity index is 1260. The summed E-state index contributed by atoms with van der Waals surface area (Å²) in [6, 6.07) is 12.0. The van der Waals surface area contributed by atoms with E-state index in [1.807, 2.05) is 30.0 Å². The fraction of sp³-hybridized carbons (Fsp3) is 0.250. The molecule has 0 fully saturated rings. The second-order valence-electron chi connectivity index (χ2n) is 7.47. The first-order valence-electron chi connectivity index (χ1n) is 10.2. The molecule has 0 spiro atoms. The third-order valence-electron chi connectivity index (χ3n) is 5.66. The number of thiophene rings is 2. The minimum atomic E-state index is -0.0384. The standard InChI is InChI=1S/C24H22N2O3S3/c1-14-22(32-23(25-14)15-6-7-17(28-2)18(13-15)29-3)24(27)26-10-8-19-16(9-12-31-19)21(26)20-5-4-11-30-20/h4-7,9,11-13,21H,8,10H2,1-3H3. The van der Waals surface area contributed by atoms with E-state index >= 15 is 0 Å². The van der Waals surface area contributed by atoms with Gasteiger partial charge in [0.05, 0.1) is 26.0 Å². The van der Waals surface area contributed by atoms with Crippen LogP contribution >= 0.6 is 34.0 Å². The number of aryl methyl sites for hydroxylation is 1. The van der Waals surface area contributed by atoms with Crippen LogP contribution in [0.25, 0.3) is 10.6 Å². The monoisotopic (exact) mass is 482 g/mol. The lowest BCUT2D eigenvalue weighted by Crippen LogP contribution is -2.39. The number of nitrogens with zero attached hydrogens (tertiary/aromatic N) is 2. The number of aromatic nitrogens is 1. The number of ether oxygens (including phenoxy) is 2. The maximum Gasteiger partial charge on any atom is 0.266 e. The Labute approximate surface area is 198 Å². The highest BCUT2D eigenvalue weighted by Gasteiger charge is 2.35. The van der Waals surface area contributed by atoms with Crippen molar-refractivity contribution in [2.45, 2.75) is 19.4 Å². The van der Waals surface area contributed by atoms with Crippen LogP contribution in [0, 0.1) is 6.92 Å². The molecule has 8 heteroatoms. The summed E-state index contributed by atoms with van der Waals surface area (Å²) in [5.41, 5.74) is 2.91. The number of hydrogen-bond acceptors (Lipinski definition) is 7. The molecule has 0 bridgehead atoms. The summed E-state index contributed by atoms with van der Waals surface area (Å²) < 4.78 is 10.8. The summed E-state index contributed by atoms with van der Waals surface area (Å²) in [4.78, 5) is 23.8. The van der Waals surface area contributed by atoms with Gasteiger partial charge in [-0.15, -0.1) is 34.0 Å². The first kappa shape index (κ1) is 21.2. The highest BCUT2D eigenvalue weighted by Crippen LogP contribution is 2.41. The highest BCUT2D eigenvalue weighted by atomic mass is 32.1. The first-order valence-corrected chi connectivity index (χ1v) is 12.8. The Morgan fingerprint density at radius 2 is 1.94 bits per heavy atom. The molecule has 3 aromatic heterocycles. The Morgan fingerprint density at radius 1 is 1.09 bits per heavy atom. The molecule has 5 rings (SSSR count). The van der Waals surface area contributed by atoms with Crippen LogP contribution in [0.3, 0.4) is 0 Å². The molecule has 0 saturated carbocycles. The van der Waals surface area contributed by atoms with E-state index in [9.17, 15) is 4.79 Å². The topological polar surface area (TPSA) is 51.7 Å². The van der Waals surface area contributed by atoms with Crippen LogP contribution < -0.4 is 9.47 Å². The van der Waals surface area contributed by atoms with E-state index in [-0.39, 0.29) is 11.9 Å². The number of thiazole rings is 1. The molecule has 4 heterocycles. The van der Waals surface area contributed by atoms with Gasteiger partial charge in [-0.25, -0.2) is 4.98 Å². The summed E-state index contributed by atoms with van der Waals surface area (Å²) in [7, 11) is 3.23. The van der Waals surface area contributed by atoms with Crippen LogP contribution in [0.15, 0.2) is 47.2 Å². The molecular weight excluding hydrogens is 460 g/mol. The lowest BCUT2D eigenvalue weighted by atomic mass is 9.98. The summed E-state index contributed by atoms with van der Waals surface area (Å²) >= 11 is 4.92. The van der Waals surface area contributed by atoms with Crippen molar-refractivity contribution in [1.29, 1.82) is 0 Å². The molecule has 5 nitrogen and oxygen atoms in total. The molecule has 4 aromatic rings. The second kappa shape index (κ2) is 8.69.